The highest BCUT2D eigenvalue weighted by atomic mass is 35.5. The van der Waals surface area contributed by atoms with Gasteiger partial charge in [0.25, 0.3) is 0 Å². The largest absolute Gasteiger partial charge is 0.495 e. The molecule has 0 saturated carbocycles. The molecule has 18 heavy (non-hydrogen) atoms. The van der Waals surface area contributed by atoms with E-state index in [1.165, 1.54) is 17.5 Å². The summed E-state index contributed by atoms with van der Waals surface area (Å²) < 4.78 is 5.52. The summed E-state index contributed by atoms with van der Waals surface area (Å²) in [7, 11) is 1.69. The van der Waals surface area contributed by atoms with Crippen LogP contribution in [-0.2, 0) is 5.54 Å². The molecule has 0 bridgehead atoms. The van der Waals surface area contributed by atoms with Gasteiger partial charge in [0.05, 0.1) is 12.1 Å². The lowest BCUT2D eigenvalue weighted by Crippen LogP contribution is -2.33. The van der Waals surface area contributed by atoms with E-state index in [0.717, 1.165) is 18.7 Å². The average Bonchev–Trinajstić information content (AvgIpc) is 2.76. The normalized spacial score (nSPS) is 23.7. The van der Waals surface area contributed by atoms with Crippen LogP contribution in [-0.4, -0.2) is 13.7 Å². The van der Waals surface area contributed by atoms with Crippen LogP contribution in [0.5, 0.6) is 5.75 Å². The highest BCUT2D eigenvalue weighted by molar-refractivity contribution is 6.32. The summed E-state index contributed by atoms with van der Waals surface area (Å²) in [6.07, 6.45) is 2.32. The van der Waals surface area contributed by atoms with Gasteiger partial charge in [-0.05, 0) is 49.9 Å². The molecule has 1 heterocycles. The van der Waals surface area contributed by atoms with E-state index in [4.69, 9.17) is 16.3 Å². The summed E-state index contributed by atoms with van der Waals surface area (Å²) in [6, 6.07) is 4.26. The maximum atomic E-state index is 6.37. The van der Waals surface area contributed by atoms with Crippen molar-refractivity contribution in [2.45, 2.75) is 45.1 Å². The first kappa shape index (κ1) is 13.7. The van der Waals surface area contributed by atoms with Gasteiger partial charge in [-0.3, -0.25) is 0 Å². The zero-order chi connectivity index (χ0) is 13.3. The van der Waals surface area contributed by atoms with E-state index in [2.05, 4.69) is 32.2 Å². The molecule has 0 amide bonds. The van der Waals surface area contributed by atoms with Gasteiger partial charge in [0.15, 0.2) is 0 Å². The predicted molar refractivity (Wildman–Crippen MR) is 76.7 cm³/mol. The second-order valence-corrected chi connectivity index (χ2v) is 6.01. The summed E-state index contributed by atoms with van der Waals surface area (Å²) >= 11 is 6.37. The van der Waals surface area contributed by atoms with Crippen molar-refractivity contribution in [2.24, 2.45) is 0 Å². The summed E-state index contributed by atoms with van der Waals surface area (Å²) in [5, 5.41) is 4.30. The van der Waals surface area contributed by atoms with Crippen LogP contribution in [0.4, 0.5) is 0 Å². The molecule has 0 radical (unpaired) electrons. The Balaban J connectivity index is 2.55. The number of halogens is 1. The van der Waals surface area contributed by atoms with E-state index in [9.17, 15) is 0 Å². The van der Waals surface area contributed by atoms with Crippen LogP contribution in [0.1, 0.15) is 50.7 Å². The molecule has 1 N–H and O–H groups in total. The second-order valence-electron chi connectivity index (χ2n) is 5.60. The molecule has 2 nitrogen and oxygen atoms in total. The number of rotatable bonds is 3. The molecule has 1 aliphatic heterocycles. The minimum atomic E-state index is -0.0140. The Morgan fingerprint density at radius 2 is 2.11 bits per heavy atom. The lowest BCUT2D eigenvalue weighted by Gasteiger charge is -2.28. The Hall–Kier alpha value is -0.730. The molecule has 0 aromatic heterocycles. The fraction of sp³-hybridized carbons (Fsp3) is 0.600. The van der Waals surface area contributed by atoms with Crippen LogP contribution in [0.2, 0.25) is 5.02 Å². The third kappa shape index (κ3) is 2.36. The van der Waals surface area contributed by atoms with E-state index < -0.39 is 0 Å². The Kier molecular flexibility index (Phi) is 3.88. The smallest absolute Gasteiger partial charge is 0.142 e. The molecule has 1 aromatic rings. The molecule has 1 saturated heterocycles. The van der Waals surface area contributed by atoms with Gasteiger partial charge in [-0.2, -0.15) is 0 Å². The summed E-state index contributed by atoms with van der Waals surface area (Å²) in [6.45, 7) is 7.67. The molecule has 1 aromatic carbocycles. The molecule has 0 spiro atoms. The number of nitrogens with one attached hydrogen (secondary N) is 1. The van der Waals surface area contributed by atoms with Gasteiger partial charge in [-0.1, -0.05) is 25.4 Å². The SMILES string of the molecule is COc1c(Cl)cc(C(C)C)cc1C1(C)CCCN1. The molecule has 1 fully saturated rings. The van der Waals surface area contributed by atoms with Crippen molar-refractivity contribution in [3.05, 3.63) is 28.3 Å². The van der Waals surface area contributed by atoms with Crippen LogP contribution in [0.15, 0.2) is 12.1 Å². The van der Waals surface area contributed by atoms with Crippen molar-refractivity contribution in [1.82, 2.24) is 5.32 Å². The molecule has 2 rings (SSSR count). The molecule has 1 unspecified atom stereocenters. The number of hydrogen-bond acceptors (Lipinski definition) is 2. The van der Waals surface area contributed by atoms with Gasteiger partial charge in [0.1, 0.15) is 5.75 Å². The lowest BCUT2D eigenvalue weighted by atomic mass is 9.87. The number of ether oxygens (including phenoxy) is 1. The number of methoxy groups -OCH3 is 1. The first-order chi connectivity index (χ1) is 8.48. The third-order valence-corrected chi connectivity index (χ3v) is 4.18. The average molecular weight is 268 g/mol. The standard InChI is InChI=1S/C15H22ClNO/c1-10(2)11-8-12(14(18-4)13(16)9-11)15(3)6-5-7-17-15/h8-10,17H,5-7H2,1-4H3. The Morgan fingerprint density at radius 1 is 1.39 bits per heavy atom. The molecule has 1 aliphatic rings. The van der Waals surface area contributed by atoms with Gasteiger partial charge in [0.2, 0.25) is 0 Å². The third-order valence-electron chi connectivity index (χ3n) is 3.90. The van der Waals surface area contributed by atoms with Gasteiger partial charge < -0.3 is 10.1 Å². The zero-order valence-electron chi connectivity index (χ0n) is 11.6. The molecule has 0 aliphatic carbocycles. The van der Waals surface area contributed by atoms with Crippen LogP contribution in [0, 0.1) is 0 Å². The second kappa shape index (κ2) is 5.10. The van der Waals surface area contributed by atoms with Crippen molar-refractivity contribution in [3.8, 4) is 5.75 Å². The number of benzene rings is 1. The monoisotopic (exact) mass is 267 g/mol. The number of hydrogen-bond donors (Lipinski definition) is 1. The Morgan fingerprint density at radius 3 is 2.61 bits per heavy atom. The van der Waals surface area contributed by atoms with E-state index >= 15 is 0 Å². The van der Waals surface area contributed by atoms with E-state index in [1.807, 2.05) is 6.07 Å². The first-order valence-electron chi connectivity index (χ1n) is 6.61. The van der Waals surface area contributed by atoms with Crippen molar-refractivity contribution in [2.75, 3.05) is 13.7 Å². The van der Waals surface area contributed by atoms with Crippen LogP contribution >= 0.6 is 11.6 Å². The maximum Gasteiger partial charge on any atom is 0.142 e. The first-order valence-corrected chi connectivity index (χ1v) is 6.98. The van der Waals surface area contributed by atoms with E-state index in [-0.39, 0.29) is 5.54 Å². The predicted octanol–water partition coefficient (Wildman–Crippen LogP) is 4.07. The highest BCUT2D eigenvalue weighted by Gasteiger charge is 2.34. The van der Waals surface area contributed by atoms with Crippen molar-refractivity contribution in [1.29, 1.82) is 0 Å². The minimum Gasteiger partial charge on any atom is -0.495 e. The van der Waals surface area contributed by atoms with Gasteiger partial charge in [0, 0.05) is 11.1 Å². The Bertz CT molecular complexity index is 436. The molecular weight excluding hydrogens is 246 g/mol. The highest BCUT2D eigenvalue weighted by Crippen LogP contribution is 2.41. The van der Waals surface area contributed by atoms with Crippen molar-refractivity contribution >= 4 is 11.6 Å². The van der Waals surface area contributed by atoms with Gasteiger partial charge in [-0.25, -0.2) is 0 Å². The van der Waals surface area contributed by atoms with E-state index in [0.29, 0.717) is 10.9 Å². The summed E-state index contributed by atoms with van der Waals surface area (Å²) in [5.41, 5.74) is 2.45. The van der Waals surface area contributed by atoms with E-state index in [1.54, 1.807) is 7.11 Å². The molecule has 3 heteroatoms. The zero-order valence-corrected chi connectivity index (χ0v) is 12.4. The summed E-state index contributed by atoms with van der Waals surface area (Å²) in [4.78, 5) is 0. The minimum absolute atomic E-state index is 0.0140. The van der Waals surface area contributed by atoms with Crippen molar-refractivity contribution in [3.63, 3.8) is 0 Å². The fourth-order valence-corrected chi connectivity index (χ4v) is 2.99. The van der Waals surface area contributed by atoms with Crippen LogP contribution < -0.4 is 10.1 Å². The van der Waals surface area contributed by atoms with Crippen LogP contribution in [0.25, 0.3) is 0 Å². The van der Waals surface area contributed by atoms with Crippen LogP contribution in [0.3, 0.4) is 0 Å². The molecule has 100 valence electrons. The Labute approximate surface area is 115 Å². The summed E-state index contributed by atoms with van der Waals surface area (Å²) in [5.74, 6) is 1.29. The van der Waals surface area contributed by atoms with Gasteiger partial charge in [-0.15, -0.1) is 0 Å². The molecule has 1 atom stereocenters. The lowest BCUT2D eigenvalue weighted by molar-refractivity contribution is 0.370. The maximum absolute atomic E-state index is 6.37. The fourth-order valence-electron chi connectivity index (χ4n) is 2.69. The quantitative estimate of drug-likeness (QED) is 0.891. The van der Waals surface area contributed by atoms with Gasteiger partial charge >= 0.3 is 0 Å². The topological polar surface area (TPSA) is 21.3 Å². The molecular formula is C15H22ClNO. The van der Waals surface area contributed by atoms with Crippen molar-refractivity contribution < 1.29 is 4.74 Å².